The molecule has 2 aliphatic rings. The summed E-state index contributed by atoms with van der Waals surface area (Å²) in [5, 5.41) is 27.6. The summed E-state index contributed by atoms with van der Waals surface area (Å²) in [6, 6.07) is 12.4. The van der Waals surface area contributed by atoms with Gasteiger partial charge >= 0.3 is 5.69 Å². The van der Waals surface area contributed by atoms with Crippen LogP contribution in [0.25, 0.3) is 34.1 Å². The van der Waals surface area contributed by atoms with Crippen LogP contribution in [0.1, 0.15) is 39.8 Å². The first-order valence-electron chi connectivity index (χ1n) is 13.9. The molecule has 1 aliphatic heterocycles. The Morgan fingerprint density at radius 3 is 2.50 bits per heavy atom. The van der Waals surface area contributed by atoms with Gasteiger partial charge in [0.25, 0.3) is 5.56 Å². The molecule has 12 nitrogen and oxygen atoms in total. The molecule has 5 aromatic rings. The van der Waals surface area contributed by atoms with Gasteiger partial charge in [0.05, 0.1) is 58.0 Å². The van der Waals surface area contributed by atoms with Crippen LogP contribution < -0.4 is 16.0 Å². The zero-order valence-electron chi connectivity index (χ0n) is 24.3. The Kier molecular flexibility index (Phi) is 5.91. The number of benzene rings is 2. The molecule has 7 rings (SSSR count). The first-order valence-corrected chi connectivity index (χ1v) is 13.9. The van der Waals surface area contributed by atoms with Crippen molar-refractivity contribution < 1.29 is 24.5 Å². The van der Waals surface area contributed by atoms with Crippen molar-refractivity contribution in [2.75, 3.05) is 13.7 Å². The van der Waals surface area contributed by atoms with Crippen LogP contribution in [0.3, 0.4) is 0 Å². The highest BCUT2D eigenvalue weighted by Gasteiger charge is 2.55. The van der Waals surface area contributed by atoms with Crippen LogP contribution in [0.15, 0.2) is 57.8 Å². The number of phenolic OH excluding ortho intramolecular Hbond substituents is 2. The number of carbonyl (C=O) groups excluding carboxylic acids is 1. The Balaban J connectivity index is 1.48. The maximum atomic E-state index is 14.4. The molecular formula is C32H27N5O7. The van der Waals surface area contributed by atoms with Gasteiger partial charge in [0.2, 0.25) is 0 Å². The lowest BCUT2D eigenvalue weighted by Gasteiger charge is -2.27. The normalized spacial score (nSPS) is 16.8. The van der Waals surface area contributed by atoms with Crippen molar-refractivity contribution in [2.45, 2.75) is 32.7 Å². The quantitative estimate of drug-likeness (QED) is 0.277. The number of methoxy groups -OCH3 is 1. The van der Waals surface area contributed by atoms with E-state index in [9.17, 15) is 24.6 Å². The summed E-state index contributed by atoms with van der Waals surface area (Å²) < 4.78 is 14.5. The van der Waals surface area contributed by atoms with E-state index in [1.165, 1.54) is 30.7 Å². The van der Waals surface area contributed by atoms with Gasteiger partial charge in [-0.2, -0.15) is 5.10 Å². The number of aromatic hydroxyl groups is 2. The van der Waals surface area contributed by atoms with Crippen molar-refractivity contribution in [2.24, 2.45) is 0 Å². The zero-order valence-corrected chi connectivity index (χ0v) is 24.3. The SMILES string of the molecule is COCCn1c(=O)[nH]c(=O)c2ccc(-c3c(O)c(C)c(O)c4c3OC3=Cc5c(c(C)nn5-c5ccccc5)C(=O)C34C)nc21. The molecule has 1 aliphatic carbocycles. The summed E-state index contributed by atoms with van der Waals surface area (Å²) in [6.45, 7) is 5.25. The molecule has 0 saturated carbocycles. The molecule has 0 amide bonds. The fourth-order valence-corrected chi connectivity index (χ4v) is 6.15. The summed E-state index contributed by atoms with van der Waals surface area (Å²) in [5.74, 6) is -0.620. The van der Waals surface area contributed by atoms with E-state index in [2.05, 4.69) is 15.1 Å². The molecule has 0 saturated heterocycles. The van der Waals surface area contributed by atoms with Gasteiger partial charge in [-0.05, 0) is 45.0 Å². The molecule has 0 spiro atoms. The fraction of sp³-hybridized carbons (Fsp3) is 0.219. The fourth-order valence-electron chi connectivity index (χ4n) is 6.15. The Hall–Kier alpha value is -5.49. The minimum atomic E-state index is -1.44. The Bertz CT molecular complexity index is 2210. The molecule has 12 heteroatoms. The van der Waals surface area contributed by atoms with Crippen LogP contribution in [0.4, 0.5) is 0 Å². The number of para-hydroxylation sites is 1. The predicted octanol–water partition coefficient (Wildman–Crippen LogP) is 3.50. The number of aromatic amines is 1. The van der Waals surface area contributed by atoms with E-state index in [0.717, 1.165) is 5.69 Å². The smallest absolute Gasteiger partial charge is 0.330 e. The van der Waals surface area contributed by atoms with Gasteiger partial charge < -0.3 is 19.7 Å². The van der Waals surface area contributed by atoms with Gasteiger partial charge in [0.15, 0.2) is 5.78 Å². The topological polar surface area (TPSA) is 162 Å². The molecule has 0 bridgehead atoms. The van der Waals surface area contributed by atoms with Crippen molar-refractivity contribution in [1.82, 2.24) is 24.3 Å². The number of nitrogens with one attached hydrogen (secondary N) is 1. The van der Waals surface area contributed by atoms with E-state index in [0.29, 0.717) is 17.0 Å². The number of hydrogen-bond donors (Lipinski definition) is 3. The maximum Gasteiger partial charge on any atom is 0.330 e. The third-order valence-corrected chi connectivity index (χ3v) is 8.51. The van der Waals surface area contributed by atoms with Crippen LogP contribution in [-0.4, -0.2) is 54.0 Å². The van der Waals surface area contributed by atoms with E-state index in [1.54, 1.807) is 24.6 Å². The summed E-state index contributed by atoms with van der Waals surface area (Å²) in [5.41, 5.74) is 0.149. The first-order chi connectivity index (χ1) is 21.1. The second-order valence-electron chi connectivity index (χ2n) is 11.0. The van der Waals surface area contributed by atoms with E-state index in [-0.39, 0.29) is 75.4 Å². The summed E-state index contributed by atoms with van der Waals surface area (Å²) >= 11 is 0. The summed E-state index contributed by atoms with van der Waals surface area (Å²) in [4.78, 5) is 46.6. The van der Waals surface area contributed by atoms with Gasteiger partial charge in [-0.15, -0.1) is 0 Å². The van der Waals surface area contributed by atoms with Crippen molar-refractivity contribution in [3.8, 4) is 34.2 Å². The first kappa shape index (κ1) is 27.3. The number of aryl methyl sites for hydroxylation is 1. The monoisotopic (exact) mass is 593 g/mol. The van der Waals surface area contributed by atoms with E-state index in [1.807, 2.05) is 30.3 Å². The molecule has 2 aromatic carbocycles. The van der Waals surface area contributed by atoms with Crippen molar-refractivity contribution in [3.05, 3.63) is 97.1 Å². The van der Waals surface area contributed by atoms with Gasteiger partial charge in [0.1, 0.15) is 34.1 Å². The van der Waals surface area contributed by atoms with Crippen molar-refractivity contribution >= 4 is 22.9 Å². The van der Waals surface area contributed by atoms with Crippen molar-refractivity contribution in [3.63, 3.8) is 0 Å². The van der Waals surface area contributed by atoms with Crippen LogP contribution in [0.5, 0.6) is 17.2 Å². The van der Waals surface area contributed by atoms with Gasteiger partial charge in [-0.1, -0.05) is 18.2 Å². The van der Waals surface area contributed by atoms with Crippen molar-refractivity contribution in [1.29, 1.82) is 0 Å². The van der Waals surface area contributed by atoms with Crippen LogP contribution in [0.2, 0.25) is 0 Å². The number of rotatable bonds is 5. The molecule has 0 radical (unpaired) electrons. The number of aromatic nitrogens is 5. The Morgan fingerprint density at radius 2 is 1.77 bits per heavy atom. The third kappa shape index (κ3) is 3.57. The maximum absolute atomic E-state index is 14.4. The molecule has 44 heavy (non-hydrogen) atoms. The third-order valence-electron chi connectivity index (χ3n) is 8.51. The highest BCUT2D eigenvalue weighted by molar-refractivity contribution is 6.14. The molecular weight excluding hydrogens is 566 g/mol. The lowest BCUT2D eigenvalue weighted by molar-refractivity contribution is 0.0905. The number of hydrogen-bond acceptors (Lipinski definition) is 9. The Labute approximate surface area is 249 Å². The van der Waals surface area contributed by atoms with E-state index >= 15 is 0 Å². The summed E-state index contributed by atoms with van der Waals surface area (Å²) in [6.07, 6.45) is 1.73. The molecule has 1 unspecified atom stereocenters. The van der Waals surface area contributed by atoms with E-state index in [4.69, 9.17) is 9.47 Å². The molecule has 0 fully saturated rings. The number of carbonyl (C=O) groups is 1. The lowest BCUT2D eigenvalue weighted by atomic mass is 9.71. The number of H-pyrrole nitrogens is 1. The number of nitrogens with zero attached hydrogens (tertiary/aromatic N) is 4. The van der Waals surface area contributed by atoms with Crippen LogP contribution >= 0.6 is 0 Å². The number of allylic oxidation sites excluding steroid dienone is 1. The molecule has 222 valence electrons. The van der Waals surface area contributed by atoms with Gasteiger partial charge in [0, 0.05) is 18.7 Å². The number of Topliss-reactive ketones (excluding diaryl/α,β-unsaturated/α-hetero) is 1. The number of ether oxygens (including phenoxy) is 2. The van der Waals surface area contributed by atoms with Gasteiger partial charge in [-0.25, -0.2) is 14.5 Å². The Morgan fingerprint density at radius 1 is 1.02 bits per heavy atom. The predicted molar refractivity (Wildman–Crippen MR) is 161 cm³/mol. The van der Waals surface area contributed by atoms with Crippen LogP contribution in [0, 0.1) is 13.8 Å². The standard InChI is InChI=1S/C32H27N5O7/c1-15-25(38)23(19-11-10-18-29(33-19)36(12-13-43-4)31(42)34-30(18)41)27-24(26(15)39)32(3)21(44-27)14-20-22(28(32)40)16(2)35-37(20)17-8-6-5-7-9-17/h5-11,14,38-39H,12-13H2,1-4H3,(H,34,41,42). The number of pyridine rings is 1. The molecule has 3 aromatic heterocycles. The molecule has 4 heterocycles. The van der Waals surface area contributed by atoms with E-state index < -0.39 is 16.7 Å². The number of fused-ring (bicyclic) bond motifs is 5. The average Bonchev–Trinajstić information content (AvgIpc) is 3.50. The highest BCUT2D eigenvalue weighted by Crippen LogP contribution is 2.60. The van der Waals surface area contributed by atoms with Crippen LogP contribution in [-0.2, 0) is 16.7 Å². The molecule has 1 atom stereocenters. The highest BCUT2D eigenvalue weighted by atomic mass is 16.5. The largest absolute Gasteiger partial charge is 0.507 e. The second kappa shape index (κ2) is 9.51. The minimum Gasteiger partial charge on any atom is -0.507 e. The van der Waals surface area contributed by atoms with Gasteiger partial charge in [-0.3, -0.25) is 19.1 Å². The zero-order chi connectivity index (χ0) is 31.1. The molecule has 3 N–H and O–H groups in total. The lowest BCUT2D eigenvalue weighted by Crippen LogP contribution is -2.36. The minimum absolute atomic E-state index is 0.0530. The summed E-state index contributed by atoms with van der Waals surface area (Å²) in [7, 11) is 1.49. The average molecular weight is 594 g/mol. The number of ketones is 1. The number of phenols is 2. The second-order valence-corrected chi connectivity index (χ2v) is 11.0.